The molecule has 0 unspecified atom stereocenters. The molecular weight excluding hydrogens is 436 g/mol. The first-order valence-electron chi connectivity index (χ1n) is 12.5. The number of aromatic amines is 1. The zero-order chi connectivity index (χ0) is 23.4. The number of hydrogen-bond donors (Lipinski definition) is 1. The number of rotatable bonds is 7. The van der Waals surface area contributed by atoms with Crippen LogP contribution in [0.25, 0.3) is 10.9 Å². The summed E-state index contributed by atoms with van der Waals surface area (Å²) >= 11 is 6.18. The number of fused-ring (bicyclic) bond motifs is 1. The first kappa shape index (κ1) is 24.1. The number of unbranched alkanes of at least 4 members (excludes halogenated alkanes) is 1. The van der Waals surface area contributed by atoms with Crippen molar-refractivity contribution in [2.75, 3.05) is 46.3 Å². The zero-order valence-electron chi connectivity index (χ0n) is 20.0. The Morgan fingerprint density at radius 3 is 2.42 bits per heavy atom. The third kappa shape index (κ3) is 5.72. The number of piperidine rings is 2. The second-order valence-corrected chi connectivity index (χ2v) is 10.2. The van der Waals surface area contributed by atoms with Gasteiger partial charge in [0.15, 0.2) is 0 Å². The molecule has 0 bridgehead atoms. The van der Waals surface area contributed by atoms with Gasteiger partial charge in [0.2, 0.25) is 5.91 Å². The molecule has 1 N–H and O–H groups in total. The second-order valence-electron chi connectivity index (χ2n) is 9.84. The lowest BCUT2D eigenvalue weighted by atomic mass is 9.79. The lowest BCUT2D eigenvalue weighted by molar-refractivity contribution is -0.133. The molecule has 7 heteroatoms. The minimum absolute atomic E-state index is 0.0743. The molecule has 0 aliphatic carbocycles. The molecule has 0 saturated carbocycles. The highest BCUT2D eigenvalue weighted by Crippen LogP contribution is 2.32. The highest BCUT2D eigenvalue weighted by molar-refractivity contribution is 6.35. The number of carbonyl (C=O) groups is 2. The van der Waals surface area contributed by atoms with E-state index in [1.54, 1.807) is 17.2 Å². The molecule has 2 saturated heterocycles. The van der Waals surface area contributed by atoms with E-state index in [0.29, 0.717) is 17.1 Å². The quantitative estimate of drug-likeness (QED) is 0.638. The van der Waals surface area contributed by atoms with Crippen LogP contribution in [-0.4, -0.2) is 77.8 Å². The average molecular weight is 473 g/mol. The van der Waals surface area contributed by atoms with E-state index in [1.165, 1.54) is 25.9 Å². The zero-order valence-corrected chi connectivity index (χ0v) is 20.7. The van der Waals surface area contributed by atoms with Crippen LogP contribution >= 0.6 is 11.6 Å². The van der Waals surface area contributed by atoms with Crippen molar-refractivity contribution in [1.29, 1.82) is 0 Å². The average Bonchev–Trinajstić information content (AvgIpc) is 3.21. The number of H-pyrrole nitrogens is 1. The molecule has 2 amide bonds. The fourth-order valence-electron chi connectivity index (χ4n) is 5.39. The molecule has 6 nitrogen and oxygen atoms in total. The molecule has 3 heterocycles. The Morgan fingerprint density at radius 2 is 1.76 bits per heavy atom. The highest BCUT2D eigenvalue weighted by atomic mass is 35.5. The van der Waals surface area contributed by atoms with Gasteiger partial charge >= 0.3 is 0 Å². The summed E-state index contributed by atoms with van der Waals surface area (Å²) in [7, 11) is 2.20. The van der Waals surface area contributed by atoms with Gasteiger partial charge in [-0.15, -0.1) is 0 Å². The predicted molar refractivity (Wildman–Crippen MR) is 134 cm³/mol. The predicted octanol–water partition coefficient (Wildman–Crippen LogP) is 4.64. The Balaban J connectivity index is 1.36. The summed E-state index contributed by atoms with van der Waals surface area (Å²) in [6.45, 7) is 6.87. The molecule has 4 rings (SSSR count). The van der Waals surface area contributed by atoms with E-state index < -0.39 is 0 Å². The van der Waals surface area contributed by atoms with Crippen LogP contribution in [-0.2, 0) is 4.79 Å². The summed E-state index contributed by atoms with van der Waals surface area (Å²) in [6.07, 6.45) is 8.34. The minimum atomic E-state index is -0.0920. The van der Waals surface area contributed by atoms with Crippen LogP contribution in [0.2, 0.25) is 5.02 Å². The lowest BCUT2D eigenvalue weighted by Gasteiger charge is -2.39. The summed E-state index contributed by atoms with van der Waals surface area (Å²) in [4.78, 5) is 35.7. The molecule has 2 fully saturated rings. The maximum atomic E-state index is 13.3. The van der Waals surface area contributed by atoms with Crippen molar-refractivity contribution < 1.29 is 9.59 Å². The molecule has 1 aromatic heterocycles. The molecule has 2 aliphatic heterocycles. The van der Waals surface area contributed by atoms with Crippen molar-refractivity contribution in [2.24, 2.45) is 11.8 Å². The van der Waals surface area contributed by atoms with E-state index in [1.807, 2.05) is 17.0 Å². The number of halogens is 1. The van der Waals surface area contributed by atoms with Crippen LogP contribution < -0.4 is 0 Å². The third-order valence-corrected chi connectivity index (χ3v) is 7.91. The van der Waals surface area contributed by atoms with Gasteiger partial charge in [-0.25, -0.2) is 0 Å². The Morgan fingerprint density at radius 1 is 1.09 bits per heavy atom. The number of carbonyl (C=O) groups excluding carboxylic acids is 2. The van der Waals surface area contributed by atoms with Crippen molar-refractivity contribution in [1.82, 2.24) is 19.7 Å². The number of aromatic nitrogens is 1. The maximum absolute atomic E-state index is 13.3. The number of nitrogens with one attached hydrogen (secondary N) is 1. The summed E-state index contributed by atoms with van der Waals surface area (Å²) < 4.78 is 0. The highest BCUT2D eigenvalue weighted by Gasteiger charge is 2.31. The molecule has 0 atom stereocenters. The van der Waals surface area contributed by atoms with Crippen molar-refractivity contribution >= 4 is 34.3 Å². The topological polar surface area (TPSA) is 59.7 Å². The van der Waals surface area contributed by atoms with E-state index in [4.69, 9.17) is 11.6 Å². The van der Waals surface area contributed by atoms with Gasteiger partial charge in [-0.2, -0.15) is 0 Å². The first-order chi connectivity index (χ1) is 16.0. The number of likely N-dealkylation sites (tertiary alicyclic amines) is 2. The lowest BCUT2D eigenvalue weighted by Crippen LogP contribution is -2.47. The van der Waals surface area contributed by atoms with Gasteiger partial charge in [0, 0.05) is 42.3 Å². The SMILES string of the molecule is CCCCN(CC(=O)N1CCC(C2CCN(C)CC2)CC1)C(=O)c1ccc2c(Cl)c[nH]c2c1. The summed E-state index contributed by atoms with van der Waals surface area (Å²) in [5.41, 5.74) is 1.43. The van der Waals surface area contributed by atoms with Crippen molar-refractivity contribution in [2.45, 2.75) is 45.4 Å². The number of benzene rings is 1. The van der Waals surface area contributed by atoms with E-state index in [-0.39, 0.29) is 18.4 Å². The van der Waals surface area contributed by atoms with Crippen LogP contribution in [0, 0.1) is 11.8 Å². The second kappa shape index (κ2) is 10.9. The number of amides is 2. The fraction of sp³-hybridized carbons (Fsp3) is 0.615. The van der Waals surface area contributed by atoms with Gasteiger partial charge in [-0.1, -0.05) is 31.0 Å². The largest absolute Gasteiger partial charge is 0.360 e. The van der Waals surface area contributed by atoms with Gasteiger partial charge in [-0.3, -0.25) is 9.59 Å². The summed E-state index contributed by atoms with van der Waals surface area (Å²) in [5.74, 6) is 1.52. The number of hydrogen-bond acceptors (Lipinski definition) is 3. The van der Waals surface area contributed by atoms with Gasteiger partial charge in [0.25, 0.3) is 5.91 Å². The van der Waals surface area contributed by atoms with Crippen molar-refractivity contribution in [3.63, 3.8) is 0 Å². The fourth-order valence-corrected chi connectivity index (χ4v) is 5.61. The smallest absolute Gasteiger partial charge is 0.254 e. The molecular formula is C26H37ClN4O2. The van der Waals surface area contributed by atoms with Crippen LogP contribution in [0.5, 0.6) is 0 Å². The van der Waals surface area contributed by atoms with Gasteiger partial charge in [-0.05, 0) is 76.2 Å². The Bertz CT molecular complexity index is 958. The number of nitrogens with zero attached hydrogens (tertiary/aromatic N) is 3. The summed E-state index contributed by atoms with van der Waals surface area (Å²) in [6, 6.07) is 5.51. The van der Waals surface area contributed by atoms with E-state index in [9.17, 15) is 9.59 Å². The van der Waals surface area contributed by atoms with E-state index in [2.05, 4.69) is 23.9 Å². The summed E-state index contributed by atoms with van der Waals surface area (Å²) in [5, 5.41) is 1.54. The Labute approximate surface area is 202 Å². The Hall–Kier alpha value is -2.05. The Kier molecular flexibility index (Phi) is 7.97. The van der Waals surface area contributed by atoms with Crippen molar-refractivity contribution in [3.8, 4) is 0 Å². The van der Waals surface area contributed by atoms with E-state index in [0.717, 1.165) is 61.5 Å². The van der Waals surface area contributed by atoms with E-state index >= 15 is 0 Å². The molecule has 33 heavy (non-hydrogen) atoms. The minimum Gasteiger partial charge on any atom is -0.360 e. The normalized spacial score (nSPS) is 18.7. The molecule has 2 aromatic rings. The van der Waals surface area contributed by atoms with Crippen LogP contribution in [0.15, 0.2) is 24.4 Å². The molecule has 0 radical (unpaired) electrons. The first-order valence-corrected chi connectivity index (χ1v) is 12.9. The van der Waals surface area contributed by atoms with Gasteiger partial charge in [0.1, 0.15) is 6.54 Å². The standard InChI is InChI=1S/C26H37ClN4O2/c1-3-4-11-31(26(33)21-5-6-22-23(27)17-28-24(22)16-21)18-25(32)30-14-9-20(10-15-30)19-7-12-29(2)13-8-19/h5-6,16-17,19-20,28H,3-4,7-15,18H2,1-2H3. The molecule has 2 aliphatic rings. The van der Waals surface area contributed by atoms with Crippen LogP contribution in [0.3, 0.4) is 0 Å². The molecule has 0 spiro atoms. The van der Waals surface area contributed by atoms with Gasteiger partial charge in [0.05, 0.1) is 5.02 Å². The third-order valence-electron chi connectivity index (χ3n) is 7.60. The van der Waals surface area contributed by atoms with Crippen molar-refractivity contribution in [3.05, 3.63) is 35.0 Å². The van der Waals surface area contributed by atoms with Crippen LogP contribution in [0.4, 0.5) is 0 Å². The molecule has 1 aromatic carbocycles. The van der Waals surface area contributed by atoms with Crippen LogP contribution in [0.1, 0.15) is 55.8 Å². The monoisotopic (exact) mass is 472 g/mol. The maximum Gasteiger partial charge on any atom is 0.254 e. The molecule has 180 valence electrons. The van der Waals surface area contributed by atoms with Gasteiger partial charge < -0.3 is 19.7 Å².